The van der Waals surface area contributed by atoms with Gasteiger partial charge >= 0.3 is 0 Å². The van der Waals surface area contributed by atoms with Crippen LogP contribution in [0, 0.1) is 6.92 Å². The Morgan fingerprint density at radius 3 is 2.58 bits per heavy atom. The molecule has 0 saturated carbocycles. The van der Waals surface area contributed by atoms with Crippen LogP contribution >= 0.6 is 0 Å². The van der Waals surface area contributed by atoms with Crippen LogP contribution in [0.25, 0.3) is 0 Å². The molecule has 0 aliphatic rings. The molecule has 2 rings (SSSR count). The molecule has 3 heteroatoms. The normalized spacial score (nSPS) is 10.6. The van der Waals surface area contributed by atoms with Crippen molar-refractivity contribution in [2.24, 2.45) is 0 Å². The first-order chi connectivity index (χ1) is 9.28. The summed E-state index contributed by atoms with van der Waals surface area (Å²) < 4.78 is 5.14. The lowest BCUT2D eigenvalue weighted by atomic mass is 10.1. The molecule has 0 amide bonds. The van der Waals surface area contributed by atoms with Gasteiger partial charge in [-0.25, -0.2) is 0 Å². The Hall–Kier alpha value is -1.71. The van der Waals surface area contributed by atoms with Crippen LogP contribution < -0.4 is 5.32 Å². The molecule has 100 valence electrons. The van der Waals surface area contributed by atoms with Crippen LogP contribution in [0.4, 0.5) is 0 Å². The van der Waals surface area contributed by atoms with Crippen LogP contribution in [-0.2, 0) is 24.4 Å². The van der Waals surface area contributed by atoms with Gasteiger partial charge in [0.15, 0.2) is 0 Å². The molecular formula is C16H20N2O. The summed E-state index contributed by atoms with van der Waals surface area (Å²) >= 11 is 0. The molecule has 2 aromatic rings. The predicted octanol–water partition coefficient (Wildman–Crippen LogP) is 2.83. The zero-order valence-electron chi connectivity index (χ0n) is 11.5. The standard InChI is InChI=1S/C16H20N2O/c1-13-6-7-16(11-18-13)10-17-9-14-4-3-5-15(8-14)12-19-2/h3-8,11,17H,9-10,12H2,1-2H3. The molecule has 0 bridgehead atoms. The summed E-state index contributed by atoms with van der Waals surface area (Å²) in [4.78, 5) is 4.29. The molecule has 0 aliphatic carbocycles. The Balaban J connectivity index is 1.85. The number of aryl methyl sites for hydroxylation is 1. The van der Waals surface area contributed by atoms with Crippen molar-refractivity contribution in [1.82, 2.24) is 10.3 Å². The number of pyridine rings is 1. The molecule has 0 saturated heterocycles. The maximum Gasteiger partial charge on any atom is 0.0713 e. The van der Waals surface area contributed by atoms with Crippen molar-refractivity contribution in [1.29, 1.82) is 0 Å². The first kappa shape index (κ1) is 13.7. The fourth-order valence-corrected chi connectivity index (χ4v) is 1.95. The lowest BCUT2D eigenvalue weighted by molar-refractivity contribution is 0.185. The van der Waals surface area contributed by atoms with Crippen LogP contribution in [0.1, 0.15) is 22.4 Å². The van der Waals surface area contributed by atoms with Gasteiger partial charge in [-0.1, -0.05) is 30.3 Å². The van der Waals surface area contributed by atoms with E-state index in [2.05, 4.69) is 40.6 Å². The Morgan fingerprint density at radius 2 is 1.84 bits per heavy atom. The Bertz CT molecular complexity index is 508. The number of hydrogen-bond acceptors (Lipinski definition) is 3. The number of methoxy groups -OCH3 is 1. The van der Waals surface area contributed by atoms with Crippen molar-refractivity contribution in [3.8, 4) is 0 Å². The summed E-state index contributed by atoms with van der Waals surface area (Å²) in [6, 6.07) is 12.6. The van der Waals surface area contributed by atoms with Gasteiger partial charge in [-0.15, -0.1) is 0 Å². The van der Waals surface area contributed by atoms with Crippen molar-refractivity contribution in [2.45, 2.75) is 26.6 Å². The van der Waals surface area contributed by atoms with Crippen molar-refractivity contribution in [3.63, 3.8) is 0 Å². The summed E-state index contributed by atoms with van der Waals surface area (Å²) in [6.07, 6.45) is 1.92. The Kier molecular flexibility index (Phi) is 5.07. The van der Waals surface area contributed by atoms with Gasteiger partial charge in [0.25, 0.3) is 0 Å². The maximum absolute atomic E-state index is 5.14. The van der Waals surface area contributed by atoms with E-state index in [1.165, 1.54) is 16.7 Å². The number of ether oxygens (including phenoxy) is 1. The number of nitrogens with zero attached hydrogens (tertiary/aromatic N) is 1. The van der Waals surface area contributed by atoms with E-state index in [0.717, 1.165) is 18.8 Å². The fraction of sp³-hybridized carbons (Fsp3) is 0.312. The van der Waals surface area contributed by atoms with E-state index in [-0.39, 0.29) is 0 Å². The van der Waals surface area contributed by atoms with E-state index in [4.69, 9.17) is 4.74 Å². The van der Waals surface area contributed by atoms with Crippen LogP contribution in [0.3, 0.4) is 0 Å². The zero-order chi connectivity index (χ0) is 13.5. The molecule has 19 heavy (non-hydrogen) atoms. The van der Waals surface area contributed by atoms with Gasteiger partial charge in [0, 0.05) is 32.1 Å². The van der Waals surface area contributed by atoms with Crippen LogP contribution in [0.5, 0.6) is 0 Å². The molecule has 1 aromatic carbocycles. The molecule has 0 radical (unpaired) electrons. The first-order valence-electron chi connectivity index (χ1n) is 6.47. The van der Waals surface area contributed by atoms with E-state index in [9.17, 15) is 0 Å². The number of rotatable bonds is 6. The minimum absolute atomic E-state index is 0.662. The topological polar surface area (TPSA) is 34.1 Å². The third-order valence-corrected chi connectivity index (χ3v) is 2.93. The van der Waals surface area contributed by atoms with Crippen molar-refractivity contribution >= 4 is 0 Å². The first-order valence-corrected chi connectivity index (χ1v) is 6.47. The Morgan fingerprint density at radius 1 is 1.05 bits per heavy atom. The molecule has 0 unspecified atom stereocenters. The van der Waals surface area contributed by atoms with E-state index in [1.54, 1.807) is 7.11 Å². The number of aromatic nitrogens is 1. The van der Waals surface area contributed by atoms with Crippen LogP contribution in [-0.4, -0.2) is 12.1 Å². The summed E-state index contributed by atoms with van der Waals surface area (Å²) in [5.74, 6) is 0. The molecule has 0 fully saturated rings. The molecule has 3 nitrogen and oxygen atoms in total. The molecule has 0 atom stereocenters. The van der Waals surface area contributed by atoms with Gasteiger partial charge in [0.2, 0.25) is 0 Å². The molecule has 1 heterocycles. The summed E-state index contributed by atoms with van der Waals surface area (Å²) in [5.41, 5.74) is 4.74. The van der Waals surface area contributed by atoms with Crippen LogP contribution in [0.2, 0.25) is 0 Å². The van der Waals surface area contributed by atoms with Gasteiger partial charge in [-0.2, -0.15) is 0 Å². The zero-order valence-corrected chi connectivity index (χ0v) is 11.5. The molecular weight excluding hydrogens is 236 g/mol. The average molecular weight is 256 g/mol. The van der Waals surface area contributed by atoms with Gasteiger partial charge in [0.05, 0.1) is 6.61 Å². The third-order valence-electron chi connectivity index (χ3n) is 2.93. The quantitative estimate of drug-likeness (QED) is 0.863. The predicted molar refractivity (Wildman–Crippen MR) is 76.7 cm³/mol. The third kappa shape index (κ3) is 4.47. The summed E-state index contributed by atoms with van der Waals surface area (Å²) in [7, 11) is 1.72. The summed E-state index contributed by atoms with van der Waals surface area (Å²) in [5, 5.41) is 3.43. The van der Waals surface area contributed by atoms with E-state index >= 15 is 0 Å². The van der Waals surface area contributed by atoms with Gasteiger partial charge in [-0.05, 0) is 29.7 Å². The maximum atomic E-state index is 5.14. The minimum Gasteiger partial charge on any atom is -0.380 e. The largest absolute Gasteiger partial charge is 0.380 e. The Labute approximate surface area is 114 Å². The smallest absolute Gasteiger partial charge is 0.0713 e. The fourth-order valence-electron chi connectivity index (χ4n) is 1.95. The lowest BCUT2D eigenvalue weighted by Crippen LogP contribution is -2.13. The highest BCUT2D eigenvalue weighted by molar-refractivity contribution is 5.23. The number of nitrogens with one attached hydrogen (secondary N) is 1. The lowest BCUT2D eigenvalue weighted by Gasteiger charge is -2.07. The van der Waals surface area contributed by atoms with Gasteiger partial charge in [0.1, 0.15) is 0 Å². The van der Waals surface area contributed by atoms with Crippen LogP contribution in [0.15, 0.2) is 42.6 Å². The highest BCUT2D eigenvalue weighted by Gasteiger charge is 1.97. The van der Waals surface area contributed by atoms with E-state index in [0.29, 0.717) is 6.61 Å². The highest BCUT2D eigenvalue weighted by atomic mass is 16.5. The second kappa shape index (κ2) is 7.02. The molecule has 0 spiro atoms. The number of benzene rings is 1. The van der Waals surface area contributed by atoms with Gasteiger partial charge < -0.3 is 10.1 Å². The highest BCUT2D eigenvalue weighted by Crippen LogP contribution is 2.07. The van der Waals surface area contributed by atoms with Crippen molar-refractivity contribution < 1.29 is 4.74 Å². The van der Waals surface area contributed by atoms with Crippen molar-refractivity contribution in [3.05, 3.63) is 65.0 Å². The molecule has 1 aromatic heterocycles. The van der Waals surface area contributed by atoms with Crippen molar-refractivity contribution in [2.75, 3.05) is 7.11 Å². The minimum atomic E-state index is 0.662. The SMILES string of the molecule is COCc1cccc(CNCc2ccc(C)nc2)c1. The summed E-state index contributed by atoms with van der Waals surface area (Å²) in [6.45, 7) is 4.35. The van der Waals surface area contributed by atoms with E-state index < -0.39 is 0 Å². The second-order valence-corrected chi connectivity index (χ2v) is 4.66. The molecule has 0 aliphatic heterocycles. The second-order valence-electron chi connectivity index (χ2n) is 4.66. The molecule has 1 N–H and O–H groups in total. The van der Waals surface area contributed by atoms with Gasteiger partial charge in [-0.3, -0.25) is 4.98 Å². The monoisotopic (exact) mass is 256 g/mol. The average Bonchev–Trinajstić information content (AvgIpc) is 2.42. The van der Waals surface area contributed by atoms with E-state index in [1.807, 2.05) is 19.2 Å². The number of hydrogen-bond donors (Lipinski definition) is 1.